The first-order valence-electron chi connectivity index (χ1n) is 7.72. The molecular formula is C16H20N2O4. The predicted molar refractivity (Wildman–Crippen MR) is 80.2 cm³/mol. The third kappa shape index (κ3) is 3.45. The quantitative estimate of drug-likeness (QED) is 0.864. The van der Waals surface area contributed by atoms with Gasteiger partial charge in [-0.1, -0.05) is 0 Å². The first-order valence-corrected chi connectivity index (χ1v) is 7.72. The van der Waals surface area contributed by atoms with Crippen LogP contribution < -0.4 is 10.4 Å². The first-order chi connectivity index (χ1) is 10.7. The SMILES string of the molecule is O=C(NO[C@@H]1CCCCO1)c1ccc(N2CCCC2=O)cc1. The van der Waals surface area contributed by atoms with Crippen LogP contribution in [0.25, 0.3) is 0 Å². The third-order valence-corrected chi connectivity index (χ3v) is 3.94. The molecule has 1 N–H and O–H groups in total. The number of hydrogen-bond donors (Lipinski definition) is 1. The maximum absolute atomic E-state index is 12.0. The van der Waals surface area contributed by atoms with Gasteiger partial charge in [0, 0.05) is 37.2 Å². The number of anilines is 1. The molecule has 118 valence electrons. The van der Waals surface area contributed by atoms with Gasteiger partial charge in [0.25, 0.3) is 5.91 Å². The number of nitrogens with zero attached hydrogens (tertiary/aromatic N) is 1. The van der Waals surface area contributed by atoms with E-state index in [-0.39, 0.29) is 18.1 Å². The molecule has 0 saturated carbocycles. The molecule has 0 bridgehead atoms. The molecule has 2 fully saturated rings. The number of benzene rings is 1. The molecule has 1 aromatic rings. The molecule has 0 spiro atoms. The first kappa shape index (κ1) is 15.0. The van der Waals surface area contributed by atoms with E-state index in [1.54, 1.807) is 29.2 Å². The summed E-state index contributed by atoms with van der Waals surface area (Å²) < 4.78 is 5.38. The molecule has 22 heavy (non-hydrogen) atoms. The molecule has 1 aromatic carbocycles. The van der Waals surface area contributed by atoms with Crippen LogP contribution in [0.15, 0.2) is 24.3 Å². The summed E-state index contributed by atoms with van der Waals surface area (Å²) in [5.41, 5.74) is 3.74. The largest absolute Gasteiger partial charge is 0.350 e. The number of hydrogen-bond acceptors (Lipinski definition) is 4. The van der Waals surface area contributed by atoms with E-state index < -0.39 is 0 Å². The highest BCUT2D eigenvalue weighted by Crippen LogP contribution is 2.21. The van der Waals surface area contributed by atoms with Crippen LogP contribution in [0.4, 0.5) is 5.69 Å². The Bertz CT molecular complexity index is 538. The van der Waals surface area contributed by atoms with Gasteiger partial charge in [-0.3, -0.25) is 9.59 Å². The Morgan fingerprint density at radius 3 is 2.68 bits per heavy atom. The van der Waals surface area contributed by atoms with Crippen LogP contribution in [0.3, 0.4) is 0 Å². The van der Waals surface area contributed by atoms with Crippen molar-refractivity contribution in [2.24, 2.45) is 0 Å². The average Bonchev–Trinajstić information content (AvgIpc) is 3.00. The third-order valence-electron chi connectivity index (χ3n) is 3.94. The number of nitrogens with one attached hydrogen (secondary N) is 1. The summed E-state index contributed by atoms with van der Waals surface area (Å²) in [6.07, 6.45) is 3.98. The van der Waals surface area contributed by atoms with Gasteiger partial charge in [0.1, 0.15) is 0 Å². The van der Waals surface area contributed by atoms with Gasteiger partial charge in [-0.2, -0.15) is 0 Å². The minimum absolute atomic E-state index is 0.134. The number of hydroxylamine groups is 1. The van der Waals surface area contributed by atoms with Crippen molar-refractivity contribution in [3.8, 4) is 0 Å². The van der Waals surface area contributed by atoms with Crippen molar-refractivity contribution in [3.05, 3.63) is 29.8 Å². The van der Waals surface area contributed by atoms with Gasteiger partial charge in [-0.15, -0.1) is 0 Å². The Morgan fingerprint density at radius 2 is 2.05 bits per heavy atom. The van der Waals surface area contributed by atoms with Crippen LogP contribution >= 0.6 is 0 Å². The van der Waals surface area contributed by atoms with Crippen molar-refractivity contribution in [2.45, 2.75) is 38.4 Å². The van der Waals surface area contributed by atoms with Crippen molar-refractivity contribution in [2.75, 3.05) is 18.1 Å². The van der Waals surface area contributed by atoms with Crippen molar-refractivity contribution in [3.63, 3.8) is 0 Å². The maximum atomic E-state index is 12.0. The van der Waals surface area contributed by atoms with Crippen LogP contribution in [0, 0.1) is 0 Å². The highest BCUT2D eigenvalue weighted by Gasteiger charge is 2.22. The molecule has 2 amide bonds. The van der Waals surface area contributed by atoms with Gasteiger partial charge in [0.05, 0.1) is 0 Å². The van der Waals surface area contributed by atoms with E-state index in [4.69, 9.17) is 9.57 Å². The second-order valence-electron chi connectivity index (χ2n) is 5.54. The van der Waals surface area contributed by atoms with Gasteiger partial charge < -0.3 is 9.64 Å². The van der Waals surface area contributed by atoms with Crippen molar-refractivity contribution in [1.29, 1.82) is 0 Å². The summed E-state index contributed by atoms with van der Waals surface area (Å²) in [5, 5.41) is 0. The molecule has 3 rings (SSSR count). The molecule has 0 radical (unpaired) electrons. The number of carbonyl (C=O) groups excluding carboxylic acids is 2. The fraction of sp³-hybridized carbons (Fsp3) is 0.500. The molecule has 2 aliphatic heterocycles. The number of ether oxygens (including phenoxy) is 1. The van der Waals surface area contributed by atoms with E-state index in [1.807, 2.05) is 0 Å². The fourth-order valence-electron chi connectivity index (χ4n) is 2.70. The molecule has 6 nitrogen and oxygen atoms in total. The zero-order chi connectivity index (χ0) is 15.4. The van der Waals surface area contributed by atoms with Crippen LogP contribution in [0.5, 0.6) is 0 Å². The van der Waals surface area contributed by atoms with Crippen LogP contribution in [-0.2, 0) is 14.4 Å². The van der Waals surface area contributed by atoms with E-state index in [0.717, 1.165) is 37.9 Å². The summed E-state index contributed by atoms with van der Waals surface area (Å²) in [6, 6.07) is 6.97. The second kappa shape index (κ2) is 6.89. The number of carbonyl (C=O) groups is 2. The molecule has 2 saturated heterocycles. The molecule has 2 heterocycles. The Morgan fingerprint density at radius 1 is 1.23 bits per heavy atom. The van der Waals surface area contributed by atoms with Crippen LogP contribution in [0.1, 0.15) is 42.5 Å². The zero-order valence-electron chi connectivity index (χ0n) is 12.4. The molecule has 0 aromatic heterocycles. The molecule has 2 aliphatic rings. The molecule has 0 unspecified atom stereocenters. The number of rotatable bonds is 4. The van der Waals surface area contributed by atoms with Crippen molar-refractivity contribution < 1.29 is 19.2 Å². The number of amides is 2. The van der Waals surface area contributed by atoms with Gasteiger partial charge >= 0.3 is 0 Å². The Hall–Kier alpha value is -1.92. The van der Waals surface area contributed by atoms with E-state index in [2.05, 4.69) is 5.48 Å². The monoisotopic (exact) mass is 304 g/mol. The highest BCUT2D eigenvalue weighted by atomic mass is 16.8. The summed E-state index contributed by atoms with van der Waals surface area (Å²) in [7, 11) is 0. The van der Waals surface area contributed by atoms with Crippen molar-refractivity contribution >= 4 is 17.5 Å². The van der Waals surface area contributed by atoms with E-state index in [0.29, 0.717) is 18.6 Å². The minimum atomic E-state index is -0.362. The molecular weight excluding hydrogens is 284 g/mol. The van der Waals surface area contributed by atoms with Crippen LogP contribution in [-0.4, -0.2) is 31.3 Å². The predicted octanol–water partition coefficient (Wildman–Crippen LogP) is 2.00. The van der Waals surface area contributed by atoms with E-state index >= 15 is 0 Å². The lowest BCUT2D eigenvalue weighted by molar-refractivity contribution is -0.186. The Labute approximate surface area is 129 Å². The summed E-state index contributed by atoms with van der Waals surface area (Å²) in [6.45, 7) is 1.41. The lowest BCUT2D eigenvalue weighted by Crippen LogP contribution is -2.33. The highest BCUT2D eigenvalue weighted by molar-refractivity contribution is 5.97. The fourth-order valence-corrected chi connectivity index (χ4v) is 2.70. The van der Waals surface area contributed by atoms with Gasteiger partial charge in [0.2, 0.25) is 5.91 Å². The normalized spacial score (nSPS) is 21.9. The van der Waals surface area contributed by atoms with Crippen molar-refractivity contribution in [1.82, 2.24) is 5.48 Å². The minimum Gasteiger partial charge on any atom is -0.350 e. The zero-order valence-corrected chi connectivity index (χ0v) is 12.4. The topological polar surface area (TPSA) is 67.9 Å². The lowest BCUT2D eigenvalue weighted by Gasteiger charge is -2.22. The van der Waals surface area contributed by atoms with Gasteiger partial charge in [-0.25, -0.2) is 10.3 Å². The van der Waals surface area contributed by atoms with E-state index in [9.17, 15) is 9.59 Å². The van der Waals surface area contributed by atoms with Gasteiger partial charge in [-0.05, 0) is 43.5 Å². The van der Waals surface area contributed by atoms with Crippen LogP contribution in [0.2, 0.25) is 0 Å². The summed E-state index contributed by atoms with van der Waals surface area (Å²) in [5.74, 6) is -0.177. The second-order valence-corrected chi connectivity index (χ2v) is 5.54. The Balaban J connectivity index is 1.55. The summed E-state index contributed by atoms with van der Waals surface area (Å²) >= 11 is 0. The Kier molecular flexibility index (Phi) is 4.70. The van der Waals surface area contributed by atoms with Gasteiger partial charge in [0.15, 0.2) is 6.29 Å². The summed E-state index contributed by atoms with van der Waals surface area (Å²) in [4.78, 5) is 30.7. The average molecular weight is 304 g/mol. The van der Waals surface area contributed by atoms with E-state index in [1.165, 1.54) is 0 Å². The smallest absolute Gasteiger partial charge is 0.274 e. The lowest BCUT2D eigenvalue weighted by atomic mass is 10.2. The molecule has 6 heteroatoms. The molecule has 1 atom stereocenters. The standard InChI is InChI=1S/C16H20N2O4/c19-14-4-3-10-18(14)13-8-6-12(7-9-13)16(20)17-22-15-5-1-2-11-21-15/h6-9,15H,1-5,10-11H2,(H,17,20)/t15-/m1/s1. The molecule has 0 aliphatic carbocycles. The maximum Gasteiger partial charge on any atom is 0.274 e.